The van der Waals surface area contributed by atoms with Crippen molar-refractivity contribution < 1.29 is 14.5 Å². The number of hydrogen-bond donors (Lipinski definition) is 1. The van der Waals surface area contributed by atoms with Gasteiger partial charge in [-0.05, 0) is 30.2 Å². The number of nitrogens with one attached hydrogen (secondary N) is 1. The molecule has 0 aromatic heterocycles. The molecule has 0 spiro atoms. The van der Waals surface area contributed by atoms with Gasteiger partial charge in [-0.15, -0.1) is 0 Å². The molecule has 1 aliphatic rings. The third kappa shape index (κ3) is 3.10. The number of carbonyl (C=O) groups excluding carboxylic acids is 2. The zero-order valence-corrected chi connectivity index (χ0v) is 12.8. The summed E-state index contributed by atoms with van der Waals surface area (Å²) in [4.78, 5) is 36.1. The summed E-state index contributed by atoms with van der Waals surface area (Å²) in [5.41, 5.74) is 2.19. The molecule has 0 atom stereocenters. The van der Waals surface area contributed by atoms with E-state index in [4.69, 9.17) is 0 Å². The number of nitro benzene ring substituents is 1. The number of nitrogens with zero attached hydrogens (tertiary/aromatic N) is 2. The maximum absolute atomic E-state index is 12.3. The van der Waals surface area contributed by atoms with E-state index in [1.807, 2.05) is 24.3 Å². The average molecular weight is 325 g/mol. The van der Waals surface area contributed by atoms with Crippen molar-refractivity contribution in [3.05, 3.63) is 69.8 Å². The van der Waals surface area contributed by atoms with E-state index >= 15 is 0 Å². The van der Waals surface area contributed by atoms with Crippen molar-refractivity contribution in [2.75, 3.05) is 18.0 Å². The summed E-state index contributed by atoms with van der Waals surface area (Å²) in [6.45, 7) is 0.482. The minimum Gasteiger partial charge on any atom is -0.343 e. The first-order valence-corrected chi connectivity index (χ1v) is 7.47. The van der Waals surface area contributed by atoms with Crippen LogP contribution in [0.15, 0.2) is 48.5 Å². The summed E-state index contributed by atoms with van der Waals surface area (Å²) in [5.74, 6) is -0.624. The number of anilines is 1. The maximum Gasteiger partial charge on any atom is 0.269 e. The first kappa shape index (κ1) is 15.7. The van der Waals surface area contributed by atoms with Crippen LogP contribution in [0.25, 0.3) is 0 Å². The Labute approximate surface area is 138 Å². The fourth-order valence-corrected chi connectivity index (χ4v) is 2.69. The second kappa shape index (κ2) is 6.49. The molecule has 1 N–H and O–H groups in total. The molecule has 2 amide bonds. The molecular formula is C17H15N3O4. The van der Waals surface area contributed by atoms with Crippen molar-refractivity contribution in [2.45, 2.75) is 6.42 Å². The van der Waals surface area contributed by atoms with Crippen LogP contribution in [0.4, 0.5) is 11.4 Å². The summed E-state index contributed by atoms with van der Waals surface area (Å²) in [5, 5.41) is 13.2. The Morgan fingerprint density at radius 2 is 1.83 bits per heavy atom. The van der Waals surface area contributed by atoms with Gasteiger partial charge in [-0.1, -0.05) is 18.2 Å². The van der Waals surface area contributed by atoms with Crippen LogP contribution in [0.2, 0.25) is 0 Å². The number of amides is 2. The fourth-order valence-electron chi connectivity index (χ4n) is 2.69. The van der Waals surface area contributed by atoms with Crippen LogP contribution in [-0.2, 0) is 11.2 Å². The molecule has 7 nitrogen and oxygen atoms in total. The van der Waals surface area contributed by atoms with Crippen molar-refractivity contribution in [1.82, 2.24) is 5.32 Å². The molecule has 0 saturated heterocycles. The van der Waals surface area contributed by atoms with Gasteiger partial charge in [0.2, 0.25) is 5.91 Å². The Balaban J connectivity index is 1.60. The predicted octanol–water partition coefficient (Wildman–Crippen LogP) is 1.91. The number of benzene rings is 2. The van der Waals surface area contributed by atoms with Gasteiger partial charge in [-0.3, -0.25) is 19.7 Å². The van der Waals surface area contributed by atoms with E-state index in [2.05, 4.69) is 5.32 Å². The molecule has 2 aromatic carbocycles. The van der Waals surface area contributed by atoms with Crippen LogP contribution < -0.4 is 10.2 Å². The summed E-state index contributed by atoms with van der Waals surface area (Å²) in [6, 6.07) is 12.9. The number of carbonyl (C=O) groups is 2. The highest BCUT2D eigenvalue weighted by atomic mass is 16.6. The van der Waals surface area contributed by atoms with E-state index < -0.39 is 10.8 Å². The lowest BCUT2D eigenvalue weighted by atomic mass is 10.2. The molecule has 0 saturated carbocycles. The Morgan fingerprint density at radius 3 is 2.54 bits per heavy atom. The van der Waals surface area contributed by atoms with Crippen LogP contribution in [0, 0.1) is 10.1 Å². The Morgan fingerprint density at radius 1 is 1.12 bits per heavy atom. The van der Waals surface area contributed by atoms with Gasteiger partial charge in [-0.25, -0.2) is 0 Å². The molecule has 1 aliphatic heterocycles. The lowest BCUT2D eigenvalue weighted by molar-refractivity contribution is -0.384. The summed E-state index contributed by atoms with van der Waals surface area (Å²) < 4.78 is 0. The summed E-state index contributed by atoms with van der Waals surface area (Å²) in [7, 11) is 0. The lowest BCUT2D eigenvalue weighted by Gasteiger charge is -2.17. The van der Waals surface area contributed by atoms with Crippen molar-refractivity contribution in [1.29, 1.82) is 0 Å². The summed E-state index contributed by atoms with van der Waals surface area (Å²) in [6.07, 6.45) is 0.804. The number of para-hydroxylation sites is 1. The monoisotopic (exact) mass is 325 g/mol. The molecule has 7 heteroatoms. The second-order valence-corrected chi connectivity index (χ2v) is 5.41. The van der Waals surface area contributed by atoms with Gasteiger partial charge < -0.3 is 10.2 Å². The molecule has 3 rings (SSSR count). The van der Waals surface area contributed by atoms with E-state index in [1.165, 1.54) is 24.3 Å². The topological polar surface area (TPSA) is 92.6 Å². The van der Waals surface area contributed by atoms with Crippen LogP contribution in [0.5, 0.6) is 0 Å². The van der Waals surface area contributed by atoms with Gasteiger partial charge >= 0.3 is 0 Å². The molecule has 0 unspecified atom stereocenters. The molecule has 2 aromatic rings. The van der Waals surface area contributed by atoms with E-state index in [-0.39, 0.29) is 23.7 Å². The van der Waals surface area contributed by atoms with Gasteiger partial charge in [0.25, 0.3) is 11.6 Å². The number of non-ortho nitro benzene ring substituents is 1. The van der Waals surface area contributed by atoms with E-state index in [9.17, 15) is 19.7 Å². The van der Waals surface area contributed by atoms with Crippen LogP contribution in [0.3, 0.4) is 0 Å². The van der Waals surface area contributed by atoms with Crippen LogP contribution in [-0.4, -0.2) is 29.8 Å². The number of hydrogen-bond acceptors (Lipinski definition) is 4. The third-order valence-corrected chi connectivity index (χ3v) is 3.93. The second-order valence-electron chi connectivity index (χ2n) is 5.41. The fraction of sp³-hybridized carbons (Fsp3) is 0.176. The van der Waals surface area contributed by atoms with Crippen LogP contribution in [0.1, 0.15) is 15.9 Å². The molecule has 0 bridgehead atoms. The minimum atomic E-state index is -0.532. The van der Waals surface area contributed by atoms with Gasteiger partial charge in [0.15, 0.2) is 0 Å². The molecule has 0 fully saturated rings. The zero-order chi connectivity index (χ0) is 17.1. The Bertz CT molecular complexity index is 802. The average Bonchev–Trinajstić information content (AvgIpc) is 3.03. The maximum atomic E-state index is 12.3. The molecule has 1 heterocycles. The normalized spacial score (nSPS) is 12.6. The smallest absolute Gasteiger partial charge is 0.269 e. The van der Waals surface area contributed by atoms with Gasteiger partial charge in [0.05, 0.1) is 11.5 Å². The number of fused-ring (bicyclic) bond motifs is 1. The highest BCUT2D eigenvalue weighted by molar-refractivity contribution is 6.01. The summed E-state index contributed by atoms with van der Waals surface area (Å²) >= 11 is 0. The Hall–Kier alpha value is -3.22. The van der Waals surface area contributed by atoms with Crippen molar-refractivity contribution in [3.63, 3.8) is 0 Å². The lowest BCUT2D eigenvalue weighted by Crippen LogP contribution is -2.39. The molecule has 24 heavy (non-hydrogen) atoms. The van der Waals surface area contributed by atoms with E-state index in [0.717, 1.165) is 17.7 Å². The first-order valence-electron chi connectivity index (χ1n) is 7.47. The quantitative estimate of drug-likeness (QED) is 0.686. The minimum absolute atomic E-state index is 0.0868. The van der Waals surface area contributed by atoms with Gasteiger partial charge in [0.1, 0.15) is 0 Å². The SMILES string of the molecule is O=C(NCC(=O)N1CCc2ccccc21)c1ccc([N+](=O)[O-])cc1. The molecular weight excluding hydrogens is 310 g/mol. The molecule has 0 radical (unpaired) electrons. The zero-order valence-electron chi connectivity index (χ0n) is 12.8. The highest BCUT2D eigenvalue weighted by Gasteiger charge is 2.24. The number of rotatable bonds is 4. The van der Waals surface area contributed by atoms with E-state index in [1.54, 1.807) is 4.90 Å². The van der Waals surface area contributed by atoms with Crippen molar-refractivity contribution in [2.24, 2.45) is 0 Å². The first-order chi connectivity index (χ1) is 11.6. The van der Waals surface area contributed by atoms with Crippen molar-refractivity contribution in [3.8, 4) is 0 Å². The van der Waals surface area contributed by atoms with Gasteiger partial charge in [0, 0.05) is 29.9 Å². The molecule has 122 valence electrons. The highest BCUT2D eigenvalue weighted by Crippen LogP contribution is 2.27. The van der Waals surface area contributed by atoms with Gasteiger partial charge in [-0.2, -0.15) is 0 Å². The Kier molecular flexibility index (Phi) is 4.24. The van der Waals surface area contributed by atoms with Crippen molar-refractivity contribution >= 4 is 23.2 Å². The largest absolute Gasteiger partial charge is 0.343 e. The standard InChI is InChI=1S/C17H15N3O4/c21-16(19-10-9-12-3-1-2-4-15(12)19)11-18-17(22)13-5-7-14(8-6-13)20(23)24/h1-8H,9-11H2,(H,18,22). The predicted molar refractivity (Wildman–Crippen MR) is 87.9 cm³/mol. The van der Waals surface area contributed by atoms with E-state index in [0.29, 0.717) is 6.54 Å². The third-order valence-electron chi connectivity index (χ3n) is 3.93. The molecule has 0 aliphatic carbocycles. The van der Waals surface area contributed by atoms with Crippen LogP contribution >= 0.6 is 0 Å². The number of nitro groups is 1.